The van der Waals surface area contributed by atoms with Gasteiger partial charge >= 0.3 is 6.18 Å². The van der Waals surface area contributed by atoms with Crippen molar-refractivity contribution in [2.24, 2.45) is 10.8 Å². The molecule has 144 valence electrons. The molecule has 3 N–H and O–H groups in total. The molecule has 0 radical (unpaired) electrons. The second-order valence-electron chi connectivity index (χ2n) is 5.36. The van der Waals surface area contributed by atoms with Gasteiger partial charge in [0.2, 0.25) is 6.41 Å². The van der Waals surface area contributed by atoms with Crippen LogP contribution in [0, 0.1) is 5.82 Å². The zero-order valence-corrected chi connectivity index (χ0v) is 14.8. The molecule has 2 rings (SSSR count). The fourth-order valence-electron chi connectivity index (χ4n) is 2.24. The van der Waals surface area contributed by atoms with Gasteiger partial charge in [-0.1, -0.05) is 17.7 Å². The molecule has 0 aliphatic carbocycles. The van der Waals surface area contributed by atoms with Crippen LogP contribution >= 0.6 is 11.6 Å². The van der Waals surface area contributed by atoms with E-state index in [9.17, 15) is 22.4 Å². The molecule has 0 bridgehead atoms. The second kappa shape index (κ2) is 8.36. The maximum atomic E-state index is 13.6. The molecule has 5 nitrogen and oxygen atoms in total. The molecule has 27 heavy (non-hydrogen) atoms. The Morgan fingerprint density at radius 2 is 2.00 bits per heavy atom. The van der Waals surface area contributed by atoms with E-state index in [1.54, 1.807) is 18.2 Å². The van der Waals surface area contributed by atoms with Crippen molar-refractivity contribution in [1.82, 2.24) is 5.32 Å². The van der Waals surface area contributed by atoms with Crippen molar-refractivity contribution < 1.29 is 22.4 Å². The molecule has 0 aliphatic rings. The summed E-state index contributed by atoms with van der Waals surface area (Å²) >= 11 is 6.13. The van der Waals surface area contributed by atoms with Crippen LogP contribution in [0.15, 0.2) is 41.5 Å². The molecular weight excluding hydrogens is 388 g/mol. The molecule has 0 heterocycles. The van der Waals surface area contributed by atoms with Crippen LogP contribution in [-0.4, -0.2) is 19.3 Å². The van der Waals surface area contributed by atoms with Crippen molar-refractivity contribution >= 4 is 29.5 Å². The minimum atomic E-state index is -4.78. The normalized spacial score (nSPS) is 12.0. The van der Waals surface area contributed by atoms with Gasteiger partial charge in [-0.3, -0.25) is 4.79 Å². The first-order valence-electron chi connectivity index (χ1n) is 7.57. The van der Waals surface area contributed by atoms with Crippen LogP contribution in [0.2, 0.25) is 5.02 Å². The highest BCUT2D eigenvalue weighted by Crippen LogP contribution is 2.32. The predicted molar refractivity (Wildman–Crippen MR) is 94.9 cm³/mol. The largest absolute Gasteiger partial charge is 0.416 e. The zero-order chi connectivity index (χ0) is 20.2. The second-order valence-corrected chi connectivity index (χ2v) is 5.77. The first-order chi connectivity index (χ1) is 12.7. The van der Waals surface area contributed by atoms with E-state index in [0.29, 0.717) is 22.7 Å². The van der Waals surface area contributed by atoms with E-state index in [1.165, 1.54) is 7.05 Å². The monoisotopic (exact) mass is 402 g/mol. The van der Waals surface area contributed by atoms with Gasteiger partial charge in [-0.25, -0.2) is 9.40 Å². The third-order valence-corrected chi connectivity index (χ3v) is 3.87. The lowest BCUT2D eigenvalue weighted by Gasteiger charge is -2.17. The van der Waals surface area contributed by atoms with Crippen molar-refractivity contribution in [3.63, 3.8) is 0 Å². The number of hydrogen-bond acceptors (Lipinski definition) is 3. The van der Waals surface area contributed by atoms with Gasteiger partial charge in [0.1, 0.15) is 5.82 Å². The Labute approximate surface area is 157 Å². The summed E-state index contributed by atoms with van der Waals surface area (Å²) in [5.41, 5.74) is 5.05. The lowest BCUT2D eigenvalue weighted by atomic mass is 10.1. The van der Waals surface area contributed by atoms with Gasteiger partial charge in [0.25, 0.3) is 0 Å². The van der Waals surface area contributed by atoms with Crippen molar-refractivity contribution in [1.29, 1.82) is 0 Å². The van der Waals surface area contributed by atoms with Crippen LogP contribution in [-0.2, 0) is 17.5 Å². The van der Waals surface area contributed by atoms with Crippen LogP contribution in [0.4, 0.5) is 23.2 Å². The van der Waals surface area contributed by atoms with Crippen LogP contribution < -0.4 is 16.1 Å². The zero-order valence-electron chi connectivity index (χ0n) is 14.0. The van der Waals surface area contributed by atoms with E-state index >= 15 is 0 Å². The Hall–Kier alpha value is -2.65. The number of anilines is 1. The predicted octanol–water partition coefficient (Wildman–Crippen LogP) is 3.50. The van der Waals surface area contributed by atoms with Crippen LogP contribution in [0.1, 0.15) is 16.7 Å². The highest BCUT2D eigenvalue weighted by Gasteiger charge is 2.32. The Balaban J connectivity index is 2.54. The van der Waals surface area contributed by atoms with Gasteiger partial charge in [-0.15, -0.1) is 5.10 Å². The van der Waals surface area contributed by atoms with Crippen LogP contribution in [0.25, 0.3) is 0 Å². The Morgan fingerprint density at radius 3 is 2.56 bits per heavy atom. The lowest BCUT2D eigenvalue weighted by molar-refractivity contribution is -0.137. The SMILES string of the molecule is CN/C(=N\N(C=O)c1cc(F)cc(C(F)(F)F)c1)c1cc(CN)ccc1Cl. The van der Waals surface area contributed by atoms with Crippen LogP contribution in [0.5, 0.6) is 0 Å². The minimum Gasteiger partial charge on any atom is -0.371 e. The minimum absolute atomic E-state index is 0.0835. The summed E-state index contributed by atoms with van der Waals surface area (Å²) in [5, 5.41) is 7.54. The standard InChI is InChI=1S/C17H15ClF4N4O/c1-24-16(14-4-10(8-23)2-3-15(14)18)25-26(9-27)13-6-11(17(20,21)22)5-12(19)7-13/h2-7,9H,8,23H2,1H3,(H,24,25). The van der Waals surface area contributed by atoms with E-state index in [-0.39, 0.29) is 23.8 Å². The first-order valence-corrected chi connectivity index (χ1v) is 7.95. The molecule has 2 aromatic carbocycles. The molecular formula is C17H15ClF4N4O. The summed E-state index contributed by atoms with van der Waals surface area (Å²) < 4.78 is 52.3. The number of alkyl halides is 3. The third kappa shape index (κ3) is 4.95. The summed E-state index contributed by atoms with van der Waals surface area (Å²) in [6.07, 6.45) is -4.62. The number of amides is 1. The number of amidine groups is 1. The number of carbonyl (C=O) groups excluding carboxylic acids is 1. The number of halogens is 5. The molecule has 0 spiro atoms. The lowest BCUT2D eigenvalue weighted by Crippen LogP contribution is -2.26. The highest BCUT2D eigenvalue weighted by atomic mass is 35.5. The number of nitrogens with one attached hydrogen (secondary N) is 1. The Kier molecular flexibility index (Phi) is 6.40. The van der Waals surface area contributed by atoms with Gasteiger partial charge in [0, 0.05) is 19.2 Å². The number of benzene rings is 2. The smallest absolute Gasteiger partial charge is 0.371 e. The number of rotatable bonds is 5. The average molecular weight is 403 g/mol. The number of nitrogens with two attached hydrogens (primary N) is 1. The highest BCUT2D eigenvalue weighted by molar-refractivity contribution is 6.34. The topological polar surface area (TPSA) is 70.7 Å². The average Bonchev–Trinajstić information content (AvgIpc) is 2.62. The van der Waals surface area contributed by atoms with Crippen molar-refractivity contribution in [2.75, 3.05) is 12.1 Å². The molecule has 1 amide bonds. The first kappa shape index (κ1) is 20.7. The van der Waals surface area contributed by atoms with Crippen molar-refractivity contribution in [3.8, 4) is 0 Å². The number of nitrogens with zero attached hydrogens (tertiary/aromatic N) is 2. The number of hydrazone groups is 1. The maximum Gasteiger partial charge on any atom is 0.416 e. The van der Waals surface area contributed by atoms with E-state index < -0.39 is 23.2 Å². The van der Waals surface area contributed by atoms with E-state index in [4.69, 9.17) is 17.3 Å². The van der Waals surface area contributed by atoms with E-state index in [1.807, 2.05) is 0 Å². The molecule has 0 aromatic heterocycles. The maximum absolute atomic E-state index is 13.6. The molecule has 0 saturated carbocycles. The molecule has 0 unspecified atom stereocenters. The van der Waals surface area contributed by atoms with Crippen molar-refractivity contribution in [2.45, 2.75) is 12.7 Å². The number of carbonyl (C=O) groups is 1. The molecule has 0 aliphatic heterocycles. The summed E-state index contributed by atoms with van der Waals surface area (Å²) in [6.45, 7) is 0.220. The fraction of sp³-hybridized carbons (Fsp3) is 0.176. The van der Waals surface area contributed by atoms with Gasteiger partial charge in [0.05, 0.1) is 16.3 Å². The quantitative estimate of drug-likeness (QED) is 0.264. The third-order valence-electron chi connectivity index (χ3n) is 3.54. The van der Waals surface area contributed by atoms with Gasteiger partial charge in [-0.2, -0.15) is 13.2 Å². The van der Waals surface area contributed by atoms with Crippen molar-refractivity contribution in [3.05, 3.63) is 63.9 Å². The molecule has 2 aromatic rings. The Bertz CT molecular complexity index is 870. The summed E-state index contributed by atoms with van der Waals surface area (Å²) in [5.74, 6) is -1.07. The van der Waals surface area contributed by atoms with Crippen LogP contribution in [0.3, 0.4) is 0 Å². The van der Waals surface area contributed by atoms with E-state index in [2.05, 4.69) is 10.4 Å². The van der Waals surface area contributed by atoms with Gasteiger partial charge < -0.3 is 11.1 Å². The fourth-order valence-corrected chi connectivity index (χ4v) is 2.45. The summed E-state index contributed by atoms with van der Waals surface area (Å²) in [7, 11) is 1.49. The molecule has 0 fully saturated rings. The number of hydrogen-bond donors (Lipinski definition) is 2. The summed E-state index contributed by atoms with van der Waals surface area (Å²) in [6, 6.07) is 6.59. The molecule has 0 saturated heterocycles. The Morgan fingerprint density at radius 1 is 1.30 bits per heavy atom. The molecule has 10 heteroatoms. The molecule has 0 atom stereocenters. The summed E-state index contributed by atoms with van der Waals surface area (Å²) in [4.78, 5) is 11.4. The van der Waals surface area contributed by atoms with E-state index in [0.717, 1.165) is 11.6 Å². The van der Waals surface area contributed by atoms with Gasteiger partial charge in [0.15, 0.2) is 5.84 Å². The van der Waals surface area contributed by atoms with Gasteiger partial charge in [-0.05, 0) is 35.9 Å².